The second kappa shape index (κ2) is 5.14. The molecule has 0 fully saturated rings. The van der Waals surface area contributed by atoms with E-state index in [1.54, 1.807) is 6.20 Å². The van der Waals surface area contributed by atoms with E-state index in [4.69, 9.17) is 0 Å². The third-order valence-corrected chi connectivity index (χ3v) is 3.49. The fourth-order valence-corrected chi connectivity index (χ4v) is 2.24. The van der Waals surface area contributed by atoms with Crippen molar-refractivity contribution in [3.63, 3.8) is 0 Å². The molecule has 0 saturated heterocycles. The van der Waals surface area contributed by atoms with Crippen LogP contribution in [0.15, 0.2) is 6.20 Å². The van der Waals surface area contributed by atoms with Crippen LogP contribution in [0.5, 0.6) is 0 Å². The summed E-state index contributed by atoms with van der Waals surface area (Å²) in [5.74, 6) is -0.645. The summed E-state index contributed by atoms with van der Waals surface area (Å²) in [6.07, 6.45) is 2.47. The number of aromatic nitrogens is 3. The first-order valence-corrected chi connectivity index (χ1v) is 6.30. The molecule has 2 aromatic rings. The molecule has 0 aromatic carbocycles. The van der Waals surface area contributed by atoms with Gasteiger partial charge in [0.2, 0.25) is 5.69 Å². The van der Waals surface area contributed by atoms with Gasteiger partial charge in [-0.25, -0.2) is 4.98 Å². The summed E-state index contributed by atoms with van der Waals surface area (Å²) in [5.41, 5.74) is -0.316. The van der Waals surface area contributed by atoms with Crippen LogP contribution in [0.1, 0.15) is 28.0 Å². The Labute approximate surface area is 112 Å². The molecule has 1 amide bonds. The van der Waals surface area contributed by atoms with E-state index in [0.29, 0.717) is 5.13 Å². The van der Waals surface area contributed by atoms with Crippen LogP contribution in [-0.2, 0) is 6.42 Å². The molecular weight excluding hydrogens is 270 g/mol. The number of aromatic amines is 1. The smallest absolute Gasteiger partial charge is 0.296 e. The number of nitro groups is 1. The number of thiazole rings is 1. The average Bonchev–Trinajstić information content (AvgIpc) is 2.95. The van der Waals surface area contributed by atoms with Gasteiger partial charge in [0, 0.05) is 11.1 Å². The Hall–Kier alpha value is -2.29. The summed E-state index contributed by atoms with van der Waals surface area (Å²) < 4.78 is 0. The molecule has 8 nitrogen and oxygen atoms in total. The summed E-state index contributed by atoms with van der Waals surface area (Å²) in [6, 6.07) is 0. The highest BCUT2D eigenvalue weighted by atomic mass is 32.1. The molecule has 0 atom stereocenters. The molecule has 0 unspecified atom stereocenters. The topological polar surface area (TPSA) is 114 Å². The Morgan fingerprint density at radius 1 is 1.63 bits per heavy atom. The Balaban J connectivity index is 2.23. The maximum absolute atomic E-state index is 11.9. The molecule has 2 rings (SSSR count). The van der Waals surface area contributed by atoms with Crippen LogP contribution < -0.4 is 5.32 Å². The molecule has 2 aromatic heterocycles. The highest BCUT2D eigenvalue weighted by Crippen LogP contribution is 2.23. The van der Waals surface area contributed by atoms with Gasteiger partial charge in [-0.05, 0) is 13.3 Å². The molecule has 2 heterocycles. The second-order valence-corrected chi connectivity index (χ2v) is 4.86. The van der Waals surface area contributed by atoms with Gasteiger partial charge in [0.25, 0.3) is 5.91 Å². The number of rotatable bonds is 4. The van der Waals surface area contributed by atoms with Gasteiger partial charge in [-0.3, -0.25) is 25.3 Å². The monoisotopic (exact) mass is 281 g/mol. The van der Waals surface area contributed by atoms with Gasteiger partial charge in [0.1, 0.15) is 5.69 Å². The molecule has 9 heteroatoms. The number of H-pyrrole nitrogens is 1. The van der Waals surface area contributed by atoms with Crippen LogP contribution in [0.4, 0.5) is 10.8 Å². The Kier molecular flexibility index (Phi) is 3.56. The van der Waals surface area contributed by atoms with E-state index in [2.05, 4.69) is 20.5 Å². The zero-order chi connectivity index (χ0) is 14.0. The van der Waals surface area contributed by atoms with Crippen molar-refractivity contribution in [3.8, 4) is 0 Å². The van der Waals surface area contributed by atoms with Crippen LogP contribution in [0.25, 0.3) is 0 Å². The highest BCUT2D eigenvalue weighted by molar-refractivity contribution is 7.15. The van der Waals surface area contributed by atoms with Crippen LogP contribution in [0.3, 0.4) is 0 Å². The van der Waals surface area contributed by atoms with Gasteiger partial charge in [-0.2, -0.15) is 5.10 Å². The Morgan fingerprint density at radius 3 is 2.95 bits per heavy atom. The first-order valence-electron chi connectivity index (χ1n) is 5.48. The lowest BCUT2D eigenvalue weighted by Crippen LogP contribution is -2.14. The van der Waals surface area contributed by atoms with Crippen molar-refractivity contribution in [2.75, 3.05) is 5.32 Å². The Bertz CT molecular complexity index is 633. The van der Waals surface area contributed by atoms with Crippen molar-refractivity contribution < 1.29 is 9.72 Å². The van der Waals surface area contributed by atoms with Crippen LogP contribution in [0.2, 0.25) is 0 Å². The minimum Gasteiger partial charge on any atom is -0.296 e. The van der Waals surface area contributed by atoms with Crippen LogP contribution >= 0.6 is 11.3 Å². The minimum atomic E-state index is -0.645. The zero-order valence-corrected chi connectivity index (χ0v) is 11.1. The summed E-state index contributed by atoms with van der Waals surface area (Å²) >= 11 is 1.33. The molecule has 0 bridgehead atoms. The van der Waals surface area contributed by atoms with Gasteiger partial charge in [0.05, 0.1) is 4.92 Å². The lowest BCUT2D eigenvalue weighted by Gasteiger charge is -1.97. The predicted molar refractivity (Wildman–Crippen MR) is 69.4 cm³/mol. The van der Waals surface area contributed by atoms with Gasteiger partial charge < -0.3 is 0 Å². The van der Waals surface area contributed by atoms with E-state index >= 15 is 0 Å². The van der Waals surface area contributed by atoms with Crippen molar-refractivity contribution in [1.82, 2.24) is 15.2 Å². The van der Waals surface area contributed by atoms with E-state index in [-0.39, 0.29) is 17.1 Å². The van der Waals surface area contributed by atoms with Crippen LogP contribution in [-0.4, -0.2) is 26.0 Å². The molecule has 2 N–H and O–H groups in total. The quantitative estimate of drug-likeness (QED) is 0.656. The maximum atomic E-state index is 11.9. The first kappa shape index (κ1) is 13.1. The number of anilines is 1. The third kappa shape index (κ3) is 2.60. The van der Waals surface area contributed by atoms with E-state index in [0.717, 1.165) is 11.3 Å². The lowest BCUT2D eigenvalue weighted by molar-refractivity contribution is -0.385. The second-order valence-electron chi connectivity index (χ2n) is 3.74. The molecule has 0 spiro atoms. The largest absolute Gasteiger partial charge is 0.322 e. The van der Waals surface area contributed by atoms with Gasteiger partial charge in [-0.15, -0.1) is 11.3 Å². The molecule has 0 radical (unpaired) electrons. The number of aryl methyl sites for hydroxylation is 2. The molecule has 100 valence electrons. The van der Waals surface area contributed by atoms with Crippen molar-refractivity contribution in [3.05, 3.63) is 32.6 Å². The molecule has 19 heavy (non-hydrogen) atoms. The SMILES string of the molecule is CCc1cnc(NC(=O)c2n[nH]c(C)c2[N+](=O)[O-])s1. The fraction of sp³-hybridized carbons (Fsp3) is 0.300. The highest BCUT2D eigenvalue weighted by Gasteiger charge is 2.27. The van der Waals surface area contributed by atoms with E-state index < -0.39 is 10.8 Å². The van der Waals surface area contributed by atoms with Crippen molar-refractivity contribution in [1.29, 1.82) is 0 Å². The summed E-state index contributed by atoms with van der Waals surface area (Å²) in [7, 11) is 0. The number of nitrogens with zero attached hydrogens (tertiary/aromatic N) is 3. The third-order valence-electron chi connectivity index (χ3n) is 2.44. The Morgan fingerprint density at radius 2 is 2.37 bits per heavy atom. The standard InChI is InChI=1S/C10H11N5O3S/c1-3-6-4-11-10(19-6)12-9(16)7-8(15(17)18)5(2)13-14-7/h4H,3H2,1-2H3,(H,13,14)(H,11,12,16). The van der Waals surface area contributed by atoms with E-state index in [1.165, 1.54) is 18.3 Å². The van der Waals surface area contributed by atoms with Crippen molar-refractivity contribution in [2.45, 2.75) is 20.3 Å². The molecular formula is C10H11N5O3S. The zero-order valence-electron chi connectivity index (χ0n) is 10.3. The number of amides is 1. The lowest BCUT2D eigenvalue weighted by atomic mass is 10.3. The summed E-state index contributed by atoms with van der Waals surface area (Å²) in [5, 5.41) is 19.9. The molecule has 0 aliphatic rings. The summed E-state index contributed by atoms with van der Waals surface area (Å²) in [6.45, 7) is 3.46. The van der Waals surface area contributed by atoms with E-state index in [9.17, 15) is 14.9 Å². The number of hydrogen-bond acceptors (Lipinski definition) is 6. The molecule has 0 aliphatic heterocycles. The predicted octanol–water partition coefficient (Wildman–Crippen LogP) is 1.90. The first-order chi connectivity index (χ1) is 9.02. The summed E-state index contributed by atoms with van der Waals surface area (Å²) in [4.78, 5) is 27.2. The molecule has 0 aliphatic carbocycles. The minimum absolute atomic E-state index is 0.239. The van der Waals surface area contributed by atoms with Crippen LogP contribution in [0, 0.1) is 17.0 Å². The van der Waals surface area contributed by atoms with Gasteiger partial charge in [0.15, 0.2) is 5.13 Å². The van der Waals surface area contributed by atoms with E-state index in [1.807, 2.05) is 6.92 Å². The number of hydrogen-bond donors (Lipinski definition) is 2. The molecule has 0 saturated carbocycles. The fourth-order valence-electron chi connectivity index (χ4n) is 1.49. The van der Waals surface area contributed by atoms with Crippen molar-refractivity contribution >= 4 is 28.1 Å². The maximum Gasteiger partial charge on any atom is 0.322 e. The number of carbonyl (C=O) groups is 1. The van der Waals surface area contributed by atoms with Gasteiger partial charge >= 0.3 is 5.69 Å². The van der Waals surface area contributed by atoms with Crippen molar-refractivity contribution in [2.24, 2.45) is 0 Å². The normalized spacial score (nSPS) is 10.4. The average molecular weight is 281 g/mol. The number of carbonyl (C=O) groups excluding carboxylic acids is 1. The van der Waals surface area contributed by atoms with Gasteiger partial charge in [-0.1, -0.05) is 6.92 Å². The number of nitrogens with one attached hydrogen (secondary N) is 2.